The summed E-state index contributed by atoms with van der Waals surface area (Å²) in [6.45, 7) is 0. The van der Waals surface area contributed by atoms with Crippen LogP contribution in [0.15, 0.2) is 18.2 Å². The first-order chi connectivity index (χ1) is 8.56. The molecule has 2 bridgehead atoms. The van der Waals surface area contributed by atoms with Gasteiger partial charge in [0.1, 0.15) is 17.2 Å². The molecule has 0 N–H and O–H groups in total. The van der Waals surface area contributed by atoms with Crippen molar-refractivity contribution < 1.29 is 18.3 Å². The van der Waals surface area contributed by atoms with E-state index >= 15 is 0 Å². The summed E-state index contributed by atoms with van der Waals surface area (Å²) in [5.41, 5.74) is -0.415. The molecular formula is C14H14F2O2. The van der Waals surface area contributed by atoms with E-state index in [1.165, 1.54) is 0 Å². The van der Waals surface area contributed by atoms with Crippen LogP contribution in [0.25, 0.3) is 0 Å². The molecule has 3 rings (SSSR count). The van der Waals surface area contributed by atoms with Crippen LogP contribution in [0, 0.1) is 17.6 Å². The summed E-state index contributed by atoms with van der Waals surface area (Å²) in [6, 6.07) is 2.78. The van der Waals surface area contributed by atoms with Crippen LogP contribution >= 0.6 is 0 Å². The molecule has 0 aliphatic heterocycles. The molecule has 4 heteroatoms. The first-order valence-electron chi connectivity index (χ1n) is 6.26. The third-order valence-electron chi connectivity index (χ3n) is 4.08. The molecule has 2 nitrogen and oxygen atoms in total. The predicted molar refractivity (Wildman–Crippen MR) is 61.1 cm³/mol. The van der Waals surface area contributed by atoms with Crippen molar-refractivity contribution in [2.75, 3.05) is 0 Å². The summed E-state index contributed by atoms with van der Waals surface area (Å²) < 4.78 is 31.6. The van der Waals surface area contributed by atoms with Gasteiger partial charge in [-0.25, -0.2) is 13.6 Å². The van der Waals surface area contributed by atoms with Gasteiger partial charge >= 0.3 is 5.97 Å². The molecule has 1 aromatic rings. The van der Waals surface area contributed by atoms with Crippen molar-refractivity contribution in [3.8, 4) is 0 Å². The fraction of sp³-hybridized carbons (Fsp3) is 0.500. The lowest BCUT2D eigenvalue weighted by molar-refractivity contribution is -0.0132. The maximum atomic E-state index is 13.0. The second-order valence-corrected chi connectivity index (χ2v) is 5.38. The number of benzene rings is 1. The number of esters is 1. The summed E-state index contributed by atoms with van der Waals surface area (Å²) in [7, 11) is 0. The molecule has 0 heterocycles. The topological polar surface area (TPSA) is 26.3 Å². The predicted octanol–water partition coefficient (Wildman–Crippen LogP) is 3.45. The van der Waals surface area contributed by atoms with Crippen LogP contribution in [0.4, 0.5) is 8.78 Å². The monoisotopic (exact) mass is 252 g/mol. The van der Waals surface area contributed by atoms with E-state index < -0.39 is 17.6 Å². The minimum Gasteiger partial charge on any atom is -0.455 e. The van der Waals surface area contributed by atoms with E-state index in [9.17, 15) is 13.6 Å². The number of carbonyl (C=O) groups excluding carboxylic acids is 1. The van der Waals surface area contributed by atoms with Crippen molar-refractivity contribution >= 4 is 5.97 Å². The largest absolute Gasteiger partial charge is 0.455 e. The normalized spacial score (nSPS) is 29.6. The van der Waals surface area contributed by atoms with E-state index in [1.807, 2.05) is 0 Å². The average molecular weight is 252 g/mol. The van der Waals surface area contributed by atoms with Gasteiger partial charge in [-0.2, -0.15) is 0 Å². The first-order valence-corrected chi connectivity index (χ1v) is 6.26. The molecule has 0 saturated heterocycles. The number of hydrogen-bond donors (Lipinski definition) is 0. The van der Waals surface area contributed by atoms with Crippen LogP contribution in [0.3, 0.4) is 0 Å². The van der Waals surface area contributed by atoms with Gasteiger partial charge in [-0.15, -0.1) is 0 Å². The van der Waals surface area contributed by atoms with Gasteiger partial charge in [-0.05, 0) is 50.2 Å². The lowest BCUT2D eigenvalue weighted by Gasteiger charge is -2.26. The molecule has 0 aromatic heterocycles. The zero-order valence-corrected chi connectivity index (χ0v) is 9.92. The van der Waals surface area contributed by atoms with E-state index in [-0.39, 0.29) is 11.2 Å². The van der Waals surface area contributed by atoms with Crippen molar-refractivity contribution in [3.63, 3.8) is 0 Å². The van der Waals surface area contributed by atoms with Crippen LogP contribution < -0.4 is 0 Å². The second kappa shape index (κ2) is 4.04. The maximum absolute atomic E-state index is 13.0. The summed E-state index contributed by atoms with van der Waals surface area (Å²) in [5.74, 6) is -1.47. The highest BCUT2D eigenvalue weighted by atomic mass is 19.1. The number of ether oxygens (including phenoxy) is 1. The Kier molecular flexibility index (Phi) is 2.61. The van der Waals surface area contributed by atoms with Gasteiger partial charge in [0.2, 0.25) is 0 Å². The highest BCUT2D eigenvalue weighted by Crippen LogP contribution is 2.50. The standard InChI is InChI=1S/C14H14F2O2/c15-11-5-10(6-12(16)7-11)13(17)18-14-3-1-9(8-14)2-4-14/h5-7,9H,1-4,8H2. The molecule has 1 aromatic carbocycles. The molecule has 2 fully saturated rings. The Morgan fingerprint density at radius 3 is 2.28 bits per heavy atom. The molecule has 0 unspecified atom stereocenters. The highest BCUT2D eigenvalue weighted by Gasteiger charge is 2.47. The minimum absolute atomic E-state index is 0.0442. The van der Waals surface area contributed by atoms with Crippen molar-refractivity contribution in [1.29, 1.82) is 0 Å². The van der Waals surface area contributed by atoms with E-state index in [0.717, 1.165) is 50.3 Å². The summed E-state index contributed by atoms with van der Waals surface area (Å²) in [5, 5.41) is 0. The molecule has 0 radical (unpaired) electrons. The Balaban J connectivity index is 1.78. The number of rotatable bonds is 2. The molecule has 2 aliphatic carbocycles. The Morgan fingerprint density at radius 2 is 1.78 bits per heavy atom. The lowest BCUT2D eigenvalue weighted by Crippen LogP contribution is -2.30. The van der Waals surface area contributed by atoms with Crippen molar-refractivity contribution in [1.82, 2.24) is 0 Å². The number of halogens is 2. The minimum atomic E-state index is -0.754. The number of fused-ring (bicyclic) bond motifs is 2. The Hall–Kier alpha value is -1.45. The third-order valence-corrected chi connectivity index (χ3v) is 4.08. The third kappa shape index (κ3) is 2.00. The van der Waals surface area contributed by atoms with Crippen molar-refractivity contribution in [2.45, 2.75) is 37.7 Å². The van der Waals surface area contributed by atoms with Crippen LogP contribution in [0.1, 0.15) is 42.5 Å². The number of hydrogen-bond acceptors (Lipinski definition) is 2. The van der Waals surface area contributed by atoms with E-state index in [2.05, 4.69) is 0 Å². The van der Waals surface area contributed by atoms with Gasteiger partial charge in [0.25, 0.3) is 0 Å². The Morgan fingerprint density at radius 1 is 1.17 bits per heavy atom. The maximum Gasteiger partial charge on any atom is 0.338 e. The molecule has 2 aliphatic rings. The van der Waals surface area contributed by atoms with Crippen LogP contribution in [0.5, 0.6) is 0 Å². The van der Waals surface area contributed by atoms with E-state index in [1.54, 1.807) is 0 Å². The molecule has 96 valence electrons. The summed E-state index contributed by atoms with van der Waals surface area (Å²) in [6.07, 6.45) is 4.83. The molecule has 18 heavy (non-hydrogen) atoms. The van der Waals surface area contributed by atoms with Gasteiger partial charge in [-0.1, -0.05) is 0 Å². The lowest BCUT2D eigenvalue weighted by atomic mass is 9.97. The Bertz CT molecular complexity index is 470. The number of carbonyl (C=O) groups is 1. The van der Waals surface area contributed by atoms with Gasteiger partial charge in [-0.3, -0.25) is 0 Å². The van der Waals surface area contributed by atoms with Crippen LogP contribution in [-0.4, -0.2) is 11.6 Å². The molecule has 0 amide bonds. The Labute approximate surface area is 104 Å². The van der Waals surface area contributed by atoms with Gasteiger partial charge in [0.05, 0.1) is 5.56 Å². The molecule has 0 atom stereocenters. The first kappa shape index (κ1) is 11.6. The highest BCUT2D eigenvalue weighted by molar-refractivity contribution is 5.89. The fourth-order valence-electron chi connectivity index (χ4n) is 3.21. The smallest absolute Gasteiger partial charge is 0.338 e. The van der Waals surface area contributed by atoms with Crippen molar-refractivity contribution in [3.05, 3.63) is 35.4 Å². The van der Waals surface area contributed by atoms with Gasteiger partial charge < -0.3 is 4.74 Å². The van der Waals surface area contributed by atoms with Gasteiger partial charge in [0.15, 0.2) is 0 Å². The zero-order valence-electron chi connectivity index (χ0n) is 9.92. The molecular weight excluding hydrogens is 238 g/mol. The van der Waals surface area contributed by atoms with Gasteiger partial charge in [0, 0.05) is 6.07 Å². The SMILES string of the molecule is O=C(OC12CCC(CC1)C2)c1cc(F)cc(F)c1. The zero-order chi connectivity index (χ0) is 12.8. The van der Waals surface area contributed by atoms with Crippen LogP contribution in [-0.2, 0) is 4.74 Å². The fourth-order valence-corrected chi connectivity index (χ4v) is 3.21. The molecule has 2 saturated carbocycles. The summed E-state index contributed by atoms with van der Waals surface area (Å²) in [4.78, 5) is 11.9. The average Bonchev–Trinajstić information content (AvgIpc) is 2.87. The van der Waals surface area contributed by atoms with Crippen molar-refractivity contribution in [2.24, 2.45) is 5.92 Å². The summed E-state index contributed by atoms with van der Waals surface area (Å²) >= 11 is 0. The van der Waals surface area contributed by atoms with Crippen LogP contribution in [0.2, 0.25) is 0 Å². The van der Waals surface area contributed by atoms with E-state index in [4.69, 9.17) is 4.74 Å². The molecule has 0 spiro atoms. The van der Waals surface area contributed by atoms with E-state index in [0.29, 0.717) is 5.92 Å². The second-order valence-electron chi connectivity index (χ2n) is 5.38. The quantitative estimate of drug-likeness (QED) is 0.753.